The molecule has 0 spiro atoms. The average molecular weight is 260 g/mol. The van der Waals surface area contributed by atoms with Crippen molar-refractivity contribution >= 4 is 17.4 Å². The van der Waals surface area contributed by atoms with E-state index in [9.17, 15) is 9.59 Å². The number of ketones is 1. The number of Topliss-reactive ketones (excluding diaryl/α,β-unsaturated/α-hetero) is 1. The summed E-state index contributed by atoms with van der Waals surface area (Å²) in [6.07, 6.45) is 0.377. The van der Waals surface area contributed by atoms with Crippen molar-refractivity contribution in [3.63, 3.8) is 0 Å². The zero-order valence-corrected chi connectivity index (χ0v) is 10.8. The summed E-state index contributed by atoms with van der Waals surface area (Å²) in [4.78, 5) is 25.6. The molecule has 3 rings (SSSR count). The summed E-state index contributed by atoms with van der Waals surface area (Å²) in [6, 6.07) is 5.18. The standard InChI is InChI=1S/C14H16N2O3/c1-16-12-3-2-9(6-10(12)7-13(16)17)14(18)11-8-19-5-4-15-11/h2-3,6,11,15H,4-5,7-8H2,1H3. The number of anilines is 1. The van der Waals surface area contributed by atoms with Crippen LogP contribution in [0.1, 0.15) is 15.9 Å². The van der Waals surface area contributed by atoms with Crippen LogP contribution in [0.2, 0.25) is 0 Å². The number of rotatable bonds is 2. The van der Waals surface area contributed by atoms with Gasteiger partial charge in [0.25, 0.3) is 0 Å². The second kappa shape index (κ2) is 4.75. The number of fused-ring (bicyclic) bond motifs is 1. The highest BCUT2D eigenvalue weighted by molar-refractivity contribution is 6.04. The first kappa shape index (κ1) is 12.3. The Morgan fingerprint density at radius 1 is 1.47 bits per heavy atom. The van der Waals surface area contributed by atoms with Crippen molar-refractivity contribution in [2.45, 2.75) is 12.5 Å². The topological polar surface area (TPSA) is 58.6 Å². The Kier molecular flexibility index (Phi) is 3.08. The number of hydrogen-bond acceptors (Lipinski definition) is 4. The molecule has 1 amide bonds. The first-order chi connectivity index (χ1) is 9.16. The number of morpholine rings is 1. The molecule has 0 aromatic heterocycles. The predicted octanol–water partition coefficient (Wildman–Crippen LogP) is 0.377. The number of nitrogens with zero attached hydrogens (tertiary/aromatic N) is 1. The quantitative estimate of drug-likeness (QED) is 0.781. The molecule has 1 fully saturated rings. The van der Waals surface area contributed by atoms with Gasteiger partial charge in [0.05, 0.1) is 25.7 Å². The minimum atomic E-state index is -0.276. The number of amides is 1. The fourth-order valence-electron chi connectivity index (χ4n) is 2.56. The Morgan fingerprint density at radius 3 is 3.05 bits per heavy atom. The van der Waals surface area contributed by atoms with Crippen LogP contribution in [0, 0.1) is 0 Å². The third-order valence-corrected chi connectivity index (χ3v) is 3.68. The van der Waals surface area contributed by atoms with Gasteiger partial charge in [-0.25, -0.2) is 0 Å². The van der Waals surface area contributed by atoms with Crippen molar-refractivity contribution < 1.29 is 14.3 Å². The van der Waals surface area contributed by atoms with Crippen LogP contribution in [0.3, 0.4) is 0 Å². The number of carbonyl (C=O) groups is 2. The summed E-state index contributed by atoms with van der Waals surface area (Å²) >= 11 is 0. The Balaban J connectivity index is 1.85. The van der Waals surface area contributed by atoms with Crippen LogP contribution >= 0.6 is 0 Å². The molecule has 0 radical (unpaired) electrons. The van der Waals surface area contributed by atoms with Gasteiger partial charge in [0, 0.05) is 24.8 Å². The normalized spacial score (nSPS) is 22.5. The summed E-state index contributed by atoms with van der Waals surface area (Å²) < 4.78 is 5.31. The Labute approximate surface area is 111 Å². The van der Waals surface area contributed by atoms with Crippen LogP contribution in [0.25, 0.3) is 0 Å². The molecule has 1 N–H and O–H groups in total. The van der Waals surface area contributed by atoms with Crippen LogP contribution in [0.4, 0.5) is 5.69 Å². The second-order valence-corrected chi connectivity index (χ2v) is 4.92. The Bertz CT molecular complexity index is 535. The lowest BCUT2D eigenvalue weighted by molar-refractivity contribution is -0.117. The average Bonchev–Trinajstić information content (AvgIpc) is 2.74. The summed E-state index contributed by atoms with van der Waals surface area (Å²) in [6.45, 7) is 1.75. The van der Waals surface area contributed by atoms with E-state index in [0.717, 1.165) is 11.3 Å². The molecule has 1 saturated heterocycles. The van der Waals surface area contributed by atoms with Crippen LogP contribution in [-0.2, 0) is 16.0 Å². The number of likely N-dealkylation sites (N-methyl/N-ethyl adjacent to an activating group) is 1. The predicted molar refractivity (Wildman–Crippen MR) is 70.5 cm³/mol. The molecule has 0 saturated carbocycles. The number of ether oxygens (including phenoxy) is 1. The monoisotopic (exact) mass is 260 g/mol. The van der Waals surface area contributed by atoms with Gasteiger partial charge in [-0.2, -0.15) is 0 Å². The number of nitrogens with one attached hydrogen (secondary N) is 1. The van der Waals surface area contributed by atoms with Crippen molar-refractivity contribution in [3.8, 4) is 0 Å². The Morgan fingerprint density at radius 2 is 2.32 bits per heavy atom. The molecule has 1 atom stereocenters. The third kappa shape index (κ3) is 2.15. The maximum absolute atomic E-state index is 12.3. The molecule has 0 bridgehead atoms. The molecule has 5 heteroatoms. The lowest BCUT2D eigenvalue weighted by Gasteiger charge is -2.22. The van der Waals surface area contributed by atoms with Gasteiger partial charge in [0.1, 0.15) is 0 Å². The smallest absolute Gasteiger partial charge is 0.231 e. The largest absolute Gasteiger partial charge is 0.378 e. The van der Waals surface area contributed by atoms with Crippen molar-refractivity contribution in [1.29, 1.82) is 0 Å². The molecular weight excluding hydrogens is 244 g/mol. The second-order valence-electron chi connectivity index (χ2n) is 4.92. The molecule has 1 aromatic carbocycles. The molecule has 2 aliphatic rings. The zero-order valence-electron chi connectivity index (χ0n) is 10.8. The van der Waals surface area contributed by atoms with Gasteiger partial charge in [0.15, 0.2) is 5.78 Å². The van der Waals surface area contributed by atoms with Crippen LogP contribution in [-0.4, -0.2) is 44.5 Å². The first-order valence-electron chi connectivity index (χ1n) is 6.41. The van der Waals surface area contributed by atoms with E-state index in [1.54, 1.807) is 18.0 Å². The molecule has 19 heavy (non-hydrogen) atoms. The molecular formula is C14H16N2O3. The van der Waals surface area contributed by atoms with Crippen molar-refractivity contribution in [2.24, 2.45) is 0 Å². The molecule has 0 aliphatic carbocycles. The highest BCUT2D eigenvalue weighted by Crippen LogP contribution is 2.28. The van der Waals surface area contributed by atoms with E-state index in [0.29, 0.717) is 31.7 Å². The van der Waals surface area contributed by atoms with Crippen LogP contribution < -0.4 is 10.2 Å². The minimum Gasteiger partial charge on any atom is -0.378 e. The molecule has 1 aromatic rings. The maximum Gasteiger partial charge on any atom is 0.231 e. The van der Waals surface area contributed by atoms with Gasteiger partial charge in [-0.05, 0) is 23.8 Å². The number of hydrogen-bond donors (Lipinski definition) is 1. The highest BCUT2D eigenvalue weighted by atomic mass is 16.5. The van der Waals surface area contributed by atoms with E-state index in [4.69, 9.17) is 4.74 Å². The van der Waals surface area contributed by atoms with Gasteiger partial charge >= 0.3 is 0 Å². The molecule has 2 heterocycles. The SMILES string of the molecule is CN1C(=O)Cc2cc(C(=O)C3COCCN3)ccc21. The zero-order chi connectivity index (χ0) is 13.4. The van der Waals surface area contributed by atoms with Gasteiger partial charge < -0.3 is 15.0 Å². The van der Waals surface area contributed by atoms with Gasteiger partial charge in [-0.15, -0.1) is 0 Å². The first-order valence-corrected chi connectivity index (χ1v) is 6.41. The third-order valence-electron chi connectivity index (χ3n) is 3.68. The molecule has 5 nitrogen and oxygen atoms in total. The van der Waals surface area contributed by atoms with E-state index >= 15 is 0 Å². The van der Waals surface area contributed by atoms with Crippen LogP contribution in [0.15, 0.2) is 18.2 Å². The van der Waals surface area contributed by atoms with E-state index in [2.05, 4.69) is 5.32 Å². The molecule has 100 valence electrons. The maximum atomic E-state index is 12.3. The summed E-state index contributed by atoms with van der Waals surface area (Å²) in [5, 5.41) is 3.15. The van der Waals surface area contributed by atoms with E-state index in [1.165, 1.54) is 0 Å². The summed E-state index contributed by atoms with van der Waals surface area (Å²) in [5.41, 5.74) is 2.47. The van der Waals surface area contributed by atoms with Gasteiger partial charge in [0.2, 0.25) is 5.91 Å². The summed E-state index contributed by atoms with van der Waals surface area (Å²) in [7, 11) is 1.76. The number of carbonyl (C=O) groups excluding carboxylic acids is 2. The van der Waals surface area contributed by atoms with Gasteiger partial charge in [-0.1, -0.05) is 0 Å². The van der Waals surface area contributed by atoms with E-state index in [1.807, 2.05) is 12.1 Å². The van der Waals surface area contributed by atoms with E-state index in [-0.39, 0.29) is 17.7 Å². The highest BCUT2D eigenvalue weighted by Gasteiger charge is 2.27. The van der Waals surface area contributed by atoms with Crippen LogP contribution in [0.5, 0.6) is 0 Å². The minimum absolute atomic E-state index is 0.0319. The lowest BCUT2D eigenvalue weighted by Crippen LogP contribution is -2.46. The Hall–Kier alpha value is -1.72. The lowest BCUT2D eigenvalue weighted by atomic mass is 10.0. The molecule has 2 aliphatic heterocycles. The van der Waals surface area contributed by atoms with Crippen molar-refractivity contribution in [3.05, 3.63) is 29.3 Å². The fourth-order valence-corrected chi connectivity index (χ4v) is 2.56. The van der Waals surface area contributed by atoms with Crippen molar-refractivity contribution in [2.75, 3.05) is 31.7 Å². The van der Waals surface area contributed by atoms with Gasteiger partial charge in [-0.3, -0.25) is 9.59 Å². The van der Waals surface area contributed by atoms with Crippen molar-refractivity contribution in [1.82, 2.24) is 5.32 Å². The fraction of sp³-hybridized carbons (Fsp3) is 0.429. The molecule has 1 unspecified atom stereocenters. The summed E-state index contributed by atoms with van der Waals surface area (Å²) in [5.74, 6) is 0.100. The van der Waals surface area contributed by atoms with E-state index < -0.39 is 0 Å². The number of benzene rings is 1.